The van der Waals surface area contributed by atoms with Crippen molar-refractivity contribution >= 4 is 10.1 Å². The zero-order chi connectivity index (χ0) is 7.78. The van der Waals surface area contributed by atoms with Gasteiger partial charge in [-0.25, -0.2) is 0 Å². The Labute approximate surface area is 61.5 Å². The molecule has 0 amide bonds. The molecule has 1 saturated heterocycles. The van der Waals surface area contributed by atoms with E-state index in [0.717, 1.165) is 12.8 Å². The van der Waals surface area contributed by atoms with Crippen LogP contribution >= 0.6 is 0 Å². The van der Waals surface area contributed by atoms with E-state index in [1.165, 1.54) is 0 Å². The lowest BCUT2D eigenvalue weighted by atomic mass is 10.2. The molecule has 1 aliphatic rings. The fourth-order valence-corrected chi connectivity index (χ4v) is 2.15. The average molecular weight is 164 g/mol. The van der Waals surface area contributed by atoms with Crippen LogP contribution in [0.5, 0.6) is 0 Å². The summed E-state index contributed by atoms with van der Waals surface area (Å²) < 4.78 is 26.7. The zero-order valence-electron chi connectivity index (χ0n) is 6.20. The van der Waals surface area contributed by atoms with Gasteiger partial charge in [0.2, 0.25) is 0 Å². The predicted octanol–water partition coefficient (Wildman–Crippen LogP) is 0.904. The van der Waals surface area contributed by atoms with Crippen LogP contribution in [0.1, 0.15) is 26.7 Å². The van der Waals surface area contributed by atoms with Crippen LogP contribution in [0.3, 0.4) is 0 Å². The molecule has 10 heavy (non-hydrogen) atoms. The van der Waals surface area contributed by atoms with Gasteiger partial charge in [-0.1, -0.05) is 0 Å². The lowest BCUT2D eigenvalue weighted by Gasteiger charge is -2.23. The standard InChI is InChI=1S/C6H12O3S/c1-5-3-4-6(2)10(7,8)9-5/h5-6H,3-4H2,1-2H3. The largest absolute Gasteiger partial charge is 0.270 e. The van der Waals surface area contributed by atoms with Crippen molar-refractivity contribution in [2.24, 2.45) is 0 Å². The molecule has 60 valence electrons. The zero-order valence-corrected chi connectivity index (χ0v) is 7.02. The Bertz CT molecular complexity index is 207. The van der Waals surface area contributed by atoms with Gasteiger partial charge in [0.1, 0.15) is 0 Å². The maximum Gasteiger partial charge on any atom is 0.270 e. The molecule has 1 heterocycles. The van der Waals surface area contributed by atoms with Gasteiger partial charge in [-0.2, -0.15) is 8.42 Å². The van der Waals surface area contributed by atoms with Crippen LogP contribution in [0.15, 0.2) is 0 Å². The van der Waals surface area contributed by atoms with Crippen molar-refractivity contribution in [1.29, 1.82) is 0 Å². The van der Waals surface area contributed by atoms with E-state index in [1.807, 2.05) is 0 Å². The van der Waals surface area contributed by atoms with Crippen molar-refractivity contribution in [2.45, 2.75) is 38.0 Å². The Morgan fingerprint density at radius 1 is 1.30 bits per heavy atom. The third kappa shape index (κ3) is 1.49. The highest BCUT2D eigenvalue weighted by atomic mass is 32.2. The Morgan fingerprint density at radius 3 is 2.30 bits per heavy atom. The summed E-state index contributed by atoms with van der Waals surface area (Å²) in [5, 5.41) is -0.316. The van der Waals surface area contributed by atoms with Gasteiger partial charge in [0, 0.05) is 0 Å². The normalized spacial score (nSPS) is 39.4. The van der Waals surface area contributed by atoms with E-state index in [0.29, 0.717) is 0 Å². The molecule has 0 aromatic heterocycles. The Hall–Kier alpha value is -0.0900. The maximum atomic E-state index is 11.0. The maximum absolute atomic E-state index is 11.0. The quantitative estimate of drug-likeness (QED) is 0.500. The van der Waals surface area contributed by atoms with Crippen LogP contribution < -0.4 is 0 Å². The van der Waals surface area contributed by atoms with E-state index >= 15 is 0 Å². The molecule has 0 aliphatic carbocycles. The van der Waals surface area contributed by atoms with Gasteiger partial charge in [0.25, 0.3) is 10.1 Å². The third-order valence-electron chi connectivity index (χ3n) is 1.77. The minimum Gasteiger partial charge on any atom is -0.267 e. The predicted molar refractivity (Wildman–Crippen MR) is 38.2 cm³/mol. The van der Waals surface area contributed by atoms with Gasteiger partial charge in [0.05, 0.1) is 11.4 Å². The van der Waals surface area contributed by atoms with Crippen molar-refractivity contribution in [3.8, 4) is 0 Å². The van der Waals surface area contributed by atoms with Crippen molar-refractivity contribution < 1.29 is 12.6 Å². The molecule has 0 N–H and O–H groups in total. The Kier molecular flexibility index (Phi) is 2.01. The summed E-state index contributed by atoms with van der Waals surface area (Å²) in [6.45, 7) is 3.46. The van der Waals surface area contributed by atoms with Gasteiger partial charge in [0.15, 0.2) is 0 Å². The van der Waals surface area contributed by atoms with Gasteiger partial charge in [-0.3, -0.25) is 4.18 Å². The van der Waals surface area contributed by atoms with Crippen LogP contribution in [0.2, 0.25) is 0 Å². The summed E-state index contributed by atoms with van der Waals surface area (Å²) in [5.74, 6) is 0. The molecule has 0 aromatic rings. The van der Waals surface area contributed by atoms with Crippen LogP contribution in [-0.4, -0.2) is 19.8 Å². The molecule has 0 aromatic carbocycles. The van der Waals surface area contributed by atoms with Crippen molar-refractivity contribution in [3.63, 3.8) is 0 Å². The SMILES string of the molecule is CC1CCC(C)S(=O)(=O)O1. The van der Waals surface area contributed by atoms with Crippen LogP contribution in [0.4, 0.5) is 0 Å². The monoisotopic (exact) mass is 164 g/mol. The summed E-state index contributed by atoms with van der Waals surface area (Å²) in [4.78, 5) is 0. The number of rotatable bonds is 0. The molecule has 0 spiro atoms. The fraction of sp³-hybridized carbons (Fsp3) is 1.00. The summed E-state index contributed by atoms with van der Waals surface area (Å²) in [6, 6.07) is 0. The third-order valence-corrected chi connectivity index (χ3v) is 3.59. The number of hydrogen-bond acceptors (Lipinski definition) is 3. The average Bonchev–Trinajstić information content (AvgIpc) is 1.78. The molecule has 0 radical (unpaired) electrons. The first-order valence-corrected chi connectivity index (χ1v) is 4.91. The summed E-state index contributed by atoms with van der Waals surface area (Å²) >= 11 is 0. The minimum atomic E-state index is -3.21. The second kappa shape index (κ2) is 2.51. The van der Waals surface area contributed by atoms with E-state index in [4.69, 9.17) is 4.18 Å². The van der Waals surface area contributed by atoms with E-state index in [9.17, 15) is 8.42 Å². The first kappa shape index (κ1) is 8.01. The van der Waals surface area contributed by atoms with Gasteiger partial charge in [-0.05, 0) is 26.7 Å². The van der Waals surface area contributed by atoms with Crippen LogP contribution in [0.25, 0.3) is 0 Å². The molecular weight excluding hydrogens is 152 g/mol. The molecular formula is C6H12O3S. The van der Waals surface area contributed by atoms with Crippen molar-refractivity contribution in [2.75, 3.05) is 0 Å². The highest BCUT2D eigenvalue weighted by Gasteiger charge is 2.29. The lowest BCUT2D eigenvalue weighted by Crippen LogP contribution is -2.30. The van der Waals surface area contributed by atoms with E-state index in [-0.39, 0.29) is 11.4 Å². The minimum absolute atomic E-state index is 0.124. The molecule has 1 rings (SSSR count). The molecule has 4 heteroatoms. The van der Waals surface area contributed by atoms with Crippen LogP contribution in [0, 0.1) is 0 Å². The summed E-state index contributed by atoms with van der Waals surface area (Å²) in [6.07, 6.45) is 1.45. The number of hydrogen-bond donors (Lipinski definition) is 0. The Balaban J connectivity index is 2.74. The smallest absolute Gasteiger partial charge is 0.267 e. The highest BCUT2D eigenvalue weighted by Crippen LogP contribution is 2.21. The first-order chi connectivity index (χ1) is 4.52. The molecule has 0 saturated carbocycles. The second-order valence-electron chi connectivity index (χ2n) is 2.79. The van der Waals surface area contributed by atoms with E-state index in [2.05, 4.69) is 0 Å². The fourth-order valence-electron chi connectivity index (χ4n) is 0.986. The molecule has 2 unspecified atom stereocenters. The molecule has 1 fully saturated rings. The van der Waals surface area contributed by atoms with E-state index < -0.39 is 10.1 Å². The first-order valence-electron chi connectivity index (χ1n) is 3.44. The summed E-state index contributed by atoms with van der Waals surface area (Å²) in [7, 11) is -3.21. The summed E-state index contributed by atoms with van der Waals surface area (Å²) in [5.41, 5.74) is 0. The molecule has 2 atom stereocenters. The van der Waals surface area contributed by atoms with Crippen molar-refractivity contribution in [1.82, 2.24) is 0 Å². The topological polar surface area (TPSA) is 43.4 Å². The Morgan fingerprint density at radius 2 is 1.90 bits per heavy atom. The molecule has 3 nitrogen and oxygen atoms in total. The van der Waals surface area contributed by atoms with Gasteiger partial charge >= 0.3 is 0 Å². The van der Waals surface area contributed by atoms with Crippen LogP contribution in [-0.2, 0) is 14.3 Å². The molecule has 1 aliphatic heterocycles. The van der Waals surface area contributed by atoms with E-state index in [1.54, 1.807) is 13.8 Å². The van der Waals surface area contributed by atoms with Gasteiger partial charge < -0.3 is 0 Å². The second-order valence-corrected chi connectivity index (χ2v) is 4.77. The lowest BCUT2D eigenvalue weighted by molar-refractivity contribution is 0.191. The highest BCUT2D eigenvalue weighted by molar-refractivity contribution is 7.87. The van der Waals surface area contributed by atoms with Crippen molar-refractivity contribution in [3.05, 3.63) is 0 Å². The molecule has 0 bridgehead atoms. The van der Waals surface area contributed by atoms with Gasteiger partial charge in [-0.15, -0.1) is 0 Å².